The molecule has 3 N–H and O–H groups in total. The number of nitrogens with one attached hydrogen (secondary N) is 3. The van der Waals surface area contributed by atoms with Crippen molar-refractivity contribution in [1.82, 2.24) is 20.5 Å². The molecule has 1 aromatic carbocycles. The molecule has 1 aliphatic rings. The number of para-hydroxylation sites is 1. The predicted octanol–water partition coefficient (Wildman–Crippen LogP) is 2.20. The molecule has 3 aromatic rings. The van der Waals surface area contributed by atoms with Gasteiger partial charge in [0.15, 0.2) is 5.82 Å². The summed E-state index contributed by atoms with van der Waals surface area (Å²) < 4.78 is 0. The third-order valence-electron chi connectivity index (χ3n) is 4.88. The molecule has 158 valence electrons. The summed E-state index contributed by atoms with van der Waals surface area (Å²) in [6.45, 7) is 1.32. The standard InChI is InChI=1S/C22H23N7O2/c30-21-14-16(15-29(21)17-6-2-1-3-7-17)22(31)25-13-12-24-19-9-10-20(28-27-19)26-18-8-4-5-11-23-18/h1-11,16H,12-15H2,(H,24,27)(H,25,31)(H,23,26,28)/t16-/m0/s1. The van der Waals surface area contributed by atoms with Gasteiger partial charge in [-0.3, -0.25) is 9.59 Å². The molecule has 0 unspecified atom stereocenters. The number of carbonyl (C=O) groups excluding carboxylic acids is 2. The van der Waals surface area contributed by atoms with Crippen molar-refractivity contribution in [2.24, 2.45) is 5.92 Å². The molecule has 9 nitrogen and oxygen atoms in total. The Labute approximate surface area is 179 Å². The van der Waals surface area contributed by atoms with Crippen molar-refractivity contribution in [3.05, 3.63) is 66.9 Å². The number of pyridine rings is 1. The van der Waals surface area contributed by atoms with Gasteiger partial charge in [-0.05, 0) is 36.4 Å². The Bertz CT molecular complexity index is 1010. The first kappa shape index (κ1) is 20.3. The molecule has 1 atom stereocenters. The normalized spacial score (nSPS) is 15.5. The van der Waals surface area contributed by atoms with Crippen LogP contribution in [-0.2, 0) is 9.59 Å². The van der Waals surface area contributed by atoms with Crippen LogP contribution in [0.4, 0.5) is 23.1 Å². The van der Waals surface area contributed by atoms with Crippen molar-refractivity contribution in [2.75, 3.05) is 35.2 Å². The van der Waals surface area contributed by atoms with Crippen molar-refractivity contribution in [3.8, 4) is 0 Å². The highest BCUT2D eigenvalue weighted by Crippen LogP contribution is 2.24. The topological polar surface area (TPSA) is 112 Å². The number of aromatic nitrogens is 3. The molecule has 1 aliphatic heterocycles. The summed E-state index contributed by atoms with van der Waals surface area (Å²) in [5.41, 5.74) is 0.823. The van der Waals surface area contributed by atoms with Crippen LogP contribution in [0.1, 0.15) is 6.42 Å². The van der Waals surface area contributed by atoms with Gasteiger partial charge in [0.2, 0.25) is 11.8 Å². The maximum atomic E-state index is 12.4. The molecule has 3 heterocycles. The van der Waals surface area contributed by atoms with Gasteiger partial charge in [0.25, 0.3) is 0 Å². The average Bonchev–Trinajstić information content (AvgIpc) is 3.21. The van der Waals surface area contributed by atoms with Gasteiger partial charge in [0, 0.05) is 37.9 Å². The third kappa shape index (κ3) is 5.33. The second kappa shape index (κ2) is 9.66. The van der Waals surface area contributed by atoms with Crippen molar-refractivity contribution < 1.29 is 9.59 Å². The van der Waals surface area contributed by atoms with Crippen LogP contribution in [0.15, 0.2) is 66.9 Å². The van der Waals surface area contributed by atoms with Crippen LogP contribution < -0.4 is 20.9 Å². The molecule has 0 aliphatic carbocycles. The Balaban J connectivity index is 1.19. The molecule has 2 aromatic heterocycles. The second-order valence-corrected chi connectivity index (χ2v) is 7.10. The minimum atomic E-state index is -0.343. The Kier molecular flexibility index (Phi) is 6.32. The zero-order valence-electron chi connectivity index (χ0n) is 16.9. The maximum Gasteiger partial charge on any atom is 0.227 e. The number of benzene rings is 1. The van der Waals surface area contributed by atoms with Crippen LogP contribution in [0.2, 0.25) is 0 Å². The van der Waals surface area contributed by atoms with E-state index in [1.54, 1.807) is 23.2 Å². The first-order chi connectivity index (χ1) is 15.2. The number of nitrogens with zero attached hydrogens (tertiary/aromatic N) is 4. The van der Waals surface area contributed by atoms with Gasteiger partial charge in [0.05, 0.1) is 5.92 Å². The van der Waals surface area contributed by atoms with Crippen molar-refractivity contribution in [3.63, 3.8) is 0 Å². The Morgan fingerprint density at radius 3 is 2.45 bits per heavy atom. The Morgan fingerprint density at radius 2 is 1.71 bits per heavy atom. The van der Waals surface area contributed by atoms with Crippen molar-refractivity contribution in [2.45, 2.75) is 6.42 Å². The monoisotopic (exact) mass is 417 g/mol. The predicted molar refractivity (Wildman–Crippen MR) is 118 cm³/mol. The van der Waals surface area contributed by atoms with Gasteiger partial charge in [-0.2, -0.15) is 0 Å². The minimum Gasteiger partial charge on any atom is -0.367 e. The molecule has 0 spiro atoms. The minimum absolute atomic E-state index is 0.0286. The van der Waals surface area contributed by atoms with Crippen LogP contribution in [0.25, 0.3) is 0 Å². The Hall–Kier alpha value is -4.01. The van der Waals surface area contributed by atoms with Crippen LogP contribution >= 0.6 is 0 Å². The molecule has 1 fully saturated rings. The summed E-state index contributed by atoms with van der Waals surface area (Å²) in [7, 11) is 0. The van der Waals surface area contributed by atoms with Gasteiger partial charge >= 0.3 is 0 Å². The average molecular weight is 417 g/mol. The lowest BCUT2D eigenvalue weighted by Gasteiger charge is -2.16. The molecular weight excluding hydrogens is 394 g/mol. The number of hydrogen-bond acceptors (Lipinski definition) is 7. The molecule has 0 saturated carbocycles. The van der Waals surface area contributed by atoms with Gasteiger partial charge in [0.1, 0.15) is 11.6 Å². The Morgan fingerprint density at radius 1 is 0.935 bits per heavy atom. The smallest absolute Gasteiger partial charge is 0.227 e. The van der Waals surface area contributed by atoms with E-state index in [1.165, 1.54) is 0 Å². The van der Waals surface area contributed by atoms with E-state index in [9.17, 15) is 9.59 Å². The molecular formula is C22H23N7O2. The van der Waals surface area contributed by atoms with E-state index in [1.807, 2.05) is 48.5 Å². The first-order valence-corrected chi connectivity index (χ1v) is 10.1. The van der Waals surface area contributed by atoms with E-state index in [-0.39, 0.29) is 24.2 Å². The van der Waals surface area contributed by atoms with E-state index in [4.69, 9.17) is 0 Å². The van der Waals surface area contributed by atoms with Crippen LogP contribution in [0.3, 0.4) is 0 Å². The molecule has 0 bridgehead atoms. The highest BCUT2D eigenvalue weighted by Gasteiger charge is 2.34. The van der Waals surface area contributed by atoms with Crippen LogP contribution in [0.5, 0.6) is 0 Å². The summed E-state index contributed by atoms with van der Waals surface area (Å²) in [4.78, 5) is 30.5. The van der Waals surface area contributed by atoms with Gasteiger partial charge in [-0.1, -0.05) is 24.3 Å². The second-order valence-electron chi connectivity index (χ2n) is 7.10. The molecule has 9 heteroatoms. The molecule has 4 rings (SSSR count). The number of rotatable bonds is 8. The first-order valence-electron chi connectivity index (χ1n) is 10.1. The van der Waals surface area contributed by atoms with Gasteiger partial charge < -0.3 is 20.9 Å². The third-order valence-corrected chi connectivity index (χ3v) is 4.88. The SMILES string of the molecule is O=C(NCCNc1ccc(Nc2ccccn2)nn1)[C@H]1CC(=O)N(c2ccccc2)C1. The van der Waals surface area contributed by atoms with Crippen molar-refractivity contribution >= 4 is 35.0 Å². The fraction of sp³-hybridized carbons (Fsp3) is 0.227. The zero-order chi connectivity index (χ0) is 21.5. The highest BCUT2D eigenvalue weighted by atomic mass is 16.2. The van der Waals surface area contributed by atoms with Gasteiger partial charge in [-0.25, -0.2) is 4.98 Å². The number of carbonyl (C=O) groups is 2. The van der Waals surface area contributed by atoms with Gasteiger partial charge in [-0.15, -0.1) is 10.2 Å². The van der Waals surface area contributed by atoms with E-state index in [0.29, 0.717) is 37.1 Å². The van der Waals surface area contributed by atoms with E-state index in [0.717, 1.165) is 5.69 Å². The summed E-state index contributed by atoms with van der Waals surface area (Å²) in [5.74, 6) is 1.40. The number of anilines is 4. The summed E-state index contributed by atoms with van der Waals surface area (Å²) in [5, 5.41) is 17.3. The number of amides is 2. The lowest BCUT2D eigenvalue weighted by atomic mass is 10.1. The molecule has 31 heavy (non-hydrogen) atoms. The highest BCUT2D eigenvalue weighted by molar-refractivity contribution is 6.00. The lowest BCUT2D eigenvalue weighted by molar-refractivity contribution is -0.126. The van der Waals surface area contributed by atoms with Crippen molar-refractivity contribution in [1.29, 1.82) is 0 Å². The summed E-state index contributed by atoms with van der Waals surface area (Å²) >= 11 is 0. The number of hydrogen-bond donors (Lipinski definition) is 3. The summed E-state index contributed by atoms with van der Waals surface area (Å²) in [6, 6.07) is 18.6. The van der Waals surface area contributed by atoms with Crippen LogP contribution in [-0.4, -0.2) is 46.6 Å². The fourth-order valence-electron chi connectivity index (χ4n) is 3.32. The lowest BCUT2D eigenvalue weighted by Crippen LogP contribution is -2.35. The molecule has 2 amide bonds. The summed E-state index contributed by atoms with van der Waals surface area (Å²) in [6.07, 6.45) is 1.92. The largest absolute Gasteiger partial charge is 0.367 e. The van der Waals surface area contributed by atoms with E-state index < -0.39 is 0 Å². The molecule has 0 radical (unpaired) electrons. The zero-order valence-corrected chi connectivity index (χ0v) is 16.9. The fourth-order valence-corrected chi connectivity index (χ4v) is 3.32. The van der Waals surface area contributed by atoms with E-state index >= 15 is 0 Å². The van der Waals surface area contributed by atoms with Crippen LogP contribution in [0, 0.1) is 5.92 Å². The molecule has 1 saturated heterocycles. The van der Waals surface area contributed by atoms with E-state index in [2.05, 4.69) is 31.1 Å². The maximum absolute atomic E-state index is 12.4. The quantitative estimate of drug-likeness (QED) is 0.482.